The second-order valence-corrected chi connectivity index (χ2v) is 5.88. The molecule has 0 aliphatic carbocycles. The van der Waals surface area contributed by atoms with Gasteiger partial charge in [-0.3, -0.25) is 4.98 Å². The fourth-order valence-corrected chi connectivity index (χ4v) is 2.86. The van der Waals surface area contributed by atoms with E-state index in [9.17, 15) is 8.42 Å². The van der Waals surface area contributed by atoms with Crippen molar-refractivity contribution in [2.45, 2.75) is 17.9 Å². The Morgan fingerprint density at radius 2 is 1.84 bits per heavy atom. The van der Waals surface area contributed by atoms with Crippen molar-refractivity contribution < 1.29 is 8.42 Å². The number of nitrogens with zero attached hydrogens (tertiary/aromatic N) is 1. The zero-order chi connectivity index (χ0) is 13.9. The van der Waals surface area contributed by atoms with Gasteiger partial charge in [0, 0.05) is 11.9 Å². The van der Waals surface area contributed by atoms with Crippen LogP contribution < -0.4 is 10.5 Å². The van der Waals surface area contributed by atoms with Crippen LogP contribution in [0, 0.1) is 0 Å². The van der Waals surface area contributed by atoms with Crippen molar-refractivity contribution in [3.63, 3.8) is 0 Å². The lowest BCUT2D eigenvalue weighted by atomic mass is 10.2. The third-order valence-electron chi connectivity index (χ3n) is 2.65. The van der Waals surface area contributed by atoms with Crippen molar-refractivity contribution >= 4 is 15.7 Å². The minimum absolute atomic E-state index is 0.185. The zero-order valence-corrected chi connectivity index (χ0v) is 11.3. The molecule has 0 saturated carbocycles. The summed E-state index contributed by atoms with van der Waals surface area (Å²) in [5.74, 6) is 0. The number of nitrogen functional groups attached to an aromatic ring is 1. The molecule has 0 radical (unpaired) electrons. The summed E-state index contributed by atoms with van der Waals surface area (Å²) in [5, 5.41) is 0. The molecular weight excluding hydrogens is 262 g/mol. The minimum atomic E-state index is -3.57. The molecular formula is C13H15N3O2S. The summed E-state index contributed by atoms with van der Waals surface area (Å²) < 4.78 is 26.9. The van der Waals surface area contributed by atoms with E-state index in [0.29, 0.717) is 11.4 Å². The van der Waals surface area contributed by atoms with Gasteiger partial charge in [-0.15, -0.1) is 0 Å². The van der Waals surface area contributed by atoms with Crippen LogP contribution in [0.5, 0.6) is 0 Å². The van der Waals surface area contributed by atoms with Gasteiger partial charge in [0.15, 0.2) is 0 Å². The fraction of sp³-hybridized carbons (Fsp3) is 0.154. The molecule has 0 aliphatic heterocycles. The number of hydrogen-bond acceptors (Lipinski definition) is 4. The van der Waals surface area contributed by atoms with Crippen molar-refractivity contribution in [3.05, 3.63) is 54.4 Å². The largest absolute Gasteiger partial charge is 0.399 e. The second-order valence-electron chi connectivity index (χ2n) is 4.17. The molecule has 3 N–H and O–H groups in total. The molecule has 1 aromatic carbocycles. The molecule has 19 heavy (non-hydrogen) atoms. The molecule has 6 heteroatoms. The van der Waals surface area contributed by atoms with Crippen LogP contribution in [0.3, 0.4) is 0 Å². The third kappa shape index (κ3) is 3.30. The molecule has 2 rings (SSSR count). The van der Waals surface area contributed by atoms with E-state index in [2.05, 4.69) is 9.71 Å². The average molecular weight is 277 g/mol. The van der Waals surface area contributed by atoms with Crippen molar-refractivity contribution in [3.8, 4) is 0 Å². The van der Waals surface area contributed by atoms with Crippen molar-refractivity contribution in [2.75, 3.05) is 5.73 Å². The van der Waals surface area contributed by atoms with E-state index in [0.717, 1.165) is 0 Å². The first kappa shape index (κ1) is 13.5. The Morgan fingerprint density at radius 3 is 2.42 bits per heavy atom. The quantitative estimate of drug-likeness (QED) is 0.833. The number of benzene rings is 1. The van der Waals surface area contributed by atoms with Gasteiger partial charge >= 0.3 is 0 Å². The summed E-state index contributed by atoms with van der Waals surface area (Å²) in [6.45, 7) is 1.75. The van der Waals surface area contributed by atoms with Gasteiger partial charge in [0.2, 0.25) is 10.0 Å². The van der Waals surface area contributed by atoms with E-state index in [4.69, 9.17) is 5.73 Å². The molecule has 2 aromatic rings. The molecule has 0 bridgehead atoms. The van der Waals surface area contributed by atoms with Gasteiger partial charge in [0.25, 0.3) is 0 Å². The van der Waals surface area contributed by atoms with E-state index in [1.54, 1.807) is 37.4 Å². The van der Waals surface area contributed by atoms with Crippen LogP contribution in [-0.4, -0.2) is 13.4 Å². The number of anilines is 1. The number of pyridine rings is 1. The minimum Gasteiger partial charge on any atom is -0.399 e. The molecule has 100 valence electrons. The molecule has 1 atom stereocenters. The van der Waals surface area contributed by atoms with Crippen molar-refractivity contribution in [1.29, 1.82) is 0 Å². The van der Waals surface area contributed by atoms with Crippen LogP contribution in [0.15, 0.2) is 53.6 Å². The third-order valence-corrected chi connectivity index (χ3v) is 4.21. The first-order valence-electron chi connectivity index (χ1n) is 5.78. The van der Waals surface area contributed by atoms with E-state index in [1.807, 2.05) is 6.07 Å². The van der Waals surface area contributed by atoms with Gasteiger partial charge in [-0.2, -0.15) is 0 Å². The lowest BCUT2D eigenvalue weighted by Gasteiger charge is -2.13. The highest BCUT2D eigenvalue weighted by Crippen LogP contribution is 2.16. The smallest absolute Gasteiger partial charge is 0.241 e. The summed E-state index contributed by atoms with van der Waals surface area (Å²) >= 11 is 0. The maximum absolute atomic E-state index is 12.1. The Morgan fingerprint density at radius 1 is 1.16 bits per heavy atom. The van der Waals surface area contributed by atoms with Crippen LogP contribution in [-0.2, 0) is 10.0 Å². The number of hydrogen-bond donors (Lipinski definition) is 2. The highest BCUT2D eigenvalue weighted by molar-refractivity contribution is 7.89. The molecule has 0 amide bonds. The predicted molar refractivity (Wildman–Crippen MR) is 73.8 cm³/mol. The Kier molecular flexibility index (Phi) is 3.82. The van der Waals surface area contributed by atoms with E-state index >= 15 is 0 Å². The number of nitrogens with one attached hydrogen (secondary N) is 1. The number of nitrogens with two attached hydrogens (primary N) is 1. The van der Waals surface area contributed by atoms with Crippen LogP contribution >= 0.6 is 0 Å². The van der Waals surface area contributed by atoms with Crippen molar-refractivity contribution in [1.82, 2.24) is 9.71 Å². The van der Waals surface area contributed by atoms with Crippen LogP contribution in [0.25, 0.3) is 0 Å². The van der Waals surface area contributed by atoms with Gasteiger partial charge in [-0.25, -0.2) is 13.1 Å². The monoisotopic (exact) mass is 277 g/mol. The van der Waals surface area contributed by atoms with Gasteiger partial charge in [-0.1, -0.05) is 6.07 Å². The highest BCUT2D eigenvalue weighted by Gasteiger charge is 2.18. The fourth-order valence-electron chi connectivity index (χ4n) is 1.64. The van der Waals surface area contributed by atoms with Crippen LogP contribution in [0.2, 0.25) is 0 Å². The van der Waals surface area contributed by atoms with Gasteiger partial charge in [0.05, 0.1) is 16.6 Å². The van der Waals surface area contributed by atoms with E-state index in [1.165, 1.54) is 12.1 Å². The molecule has 1 heterocycles. The Balaban J connectivity index is 2.20. The molecule has 1 unspecified atom stereocenters. The van der Waals surface area contributed by atoms with Gasteiger partial charge in [-0.05, 0) is 43.3 Å². The first-order chi connectivity index (χ1) is 8.99. The van der Waals surface area contributed by atoms with Crippen LogP contribution in [0.4, 0.5) is 5.69 Å². The lowest BCUT2D eigenvalue weighted by Crippen LogP contribution is -2.27. The lowest BCUT2D eigenvalue weighted by molar-refractivity contribution is 0.564. The molecule has 0 aliphatic rings. The summed E-state index contributed by atoms with van der Waals surface area (Å²) in [6.07, 6.45) is 1.63. The van der Waals surface area contributed by atoms with Crippen molar-refractivity contribution in [2.24, 2.45) is 0 Å². The zero-order valence-electron chi connectivity index (χ0n) is 10.4. The maximum atomic E-state index is 12.1. The summed E-state index contributed by atoms with van der Waals surface area (Å²) in [4.78, 5) is 4.31. The number of aromatic nitrogens is 1. The van der Waals surface area contributed by atoms with E-state index < -0.39 is 16.1 Å². The number of sulfonamides is 1. The van der Waals surface area contributed by atoms with Gasteiger partial charge in [0.1, 0.15) is 0 Å². The molecule has 5 nitrogen and oxygen atoms in total. The summed E-state index contributed by atoms with van der Waals surface area (Å²) in [7, 11) is -3.57. The first-order valence-corrected chi connectivity index (χ1v) is 7.26. The average Bonchev–Trinajstić information content (AvgIpc) is 2.40. The normalized spacial score (nSPS) is 13.1. The molecule has 0 fully saturated rings. The topological polar surface area (TPSA) is 85.1 Å². The Labute approximate surface area is 112 Å². The summed E-state index contributed by atoms with van der Waals surface area (Å²) in [5.41, 5.74) is 6.73. The Bertz CT molecular complexity index is 639. The molecule has 1 aromatic heterocycles. The SMILES string of the molecule is CC(NS(=O)(=O)c1ccc(N)cc1)c1ccccn1. The molecule has 0 spiro atoms. The number of rotatable bonds is 4. The highest BCUT2D eigenvalue weighted by atomic mass is 32.2. The maximum Gasteiger partial charge on any atom is 0.241 e. The van der Waals surface area contributed by atoms with Gasteiger partial charge < -0.3 is 5.73 Å². The molecule has 0 saturated heterocycles. The van der Waals surface area contributed by atoms with E-state index in [-0.39, 0.29) is 4.90 Å². The summed E-state index contributed by atoms with van der Waals surface area (Å²) in [6, 6.07) is 11.0. The Hall–Kier alpha value is -1.92. The predicted octanol–water partition coefficient (Wildman–Crippen LogP) is 1.70. The second kappa shape index (κ2) is 5.38. The van der Waals surface area contributed by atoms with Crippen LogP contribution in [0.1, 0.15) is 18.7 Å². The standard InChI is InChI=1S/C13H15N3O2S/c1-10(13-4-2-3-9-15-13)16-19(17,18)12-7-5-11(14)6-8-12/h2-10,16H,14H2,1H3.